The number of hydrogen-bond acceptors (Lipinski definition) is 7. The topological polar surface area (TPSA) is 125 Å². The Bertz CT molecular complexity index is 1270. The number of benzene rings is 2. The standard InChI is InChI=1S/C22H28N4O6S3/c1-3-25(4-2)35(30,31)20-7-5-6-18(16-20)23-22(33)24-21(27)17-8-10-19(11-9-17)34(28,29)26-12-14-32-15-13-26/h5-11,16H,3-4,12-15H2,1-2H3,(H2,23,24,27,33). The van der Waals surface area contributed by atoms with Gasteiger partial charge in [-0.2, -0.15) is 8.61 Å². The monoisotopic (exact) mass is 540 g/mol. The van der Waals surface area contributed by atoms with Crippen LogP contribution in [0.3, 0.4) is 0 Å². The smallest absolute Gasteiger partial charge is 0.257 e. The summed E-state index contributed by atoms with van der Waals surface area (Å²) >= 11 is 5.20. The molecular weight excluding hydrogens is 512 g/mol. The molecule has 13 heteroatoms. The summed E-state index contributed by atoms with van der Waals surface area (Å²) in [6, 6.07) is 11.7. The first-order chi connectivity index (χ1) is 16.6. The molecule has 0 radical (unpaired) electrons. The van der Waals surface area contributed by atoms with Gasteiger partial charge in [0.05, 0.1) is 23.0 Å². The van der Waals surface area contributed by atoms with Crippen molar-refractivity contribution in [2.45, 2.75) is 23.6 Å². The molecule has 10 nitrogen and oxygen atoms in total. The fourth-order valence-corrected chi connectivity index (χ4v) is 6.62. The van der Waals surface area contributed by atoms with Crippen molar-refractivity contribution in [1.82, 2.24) is 13.9 Å². The Balaban J connectivity index is 1.65. The van der Waals surface area contributed by atoms with Gasteiger partial charge < -0.3 is 10.1 Å². The van der Waals surface area contributed by atoms with Crippen LogP contribution in [-0.2, 0) is 24.8 Å². The number of hydrogen-bond donors (Lipinski definition) is 2. The molecule has 3 rings (SSSR count). The van der Waals surface area contributed by atoms with E-state index >= 15 is 0 Å². The van der Waals surface area contributed by atoms with Crippen LogP contribution in [0.2, 0.25) is 0 Å². The molecule has 1 fully saturated rings. The molecule has 1 aliphatic heterocycles. The number of anilines is 1. The molecule has 0 spiro atoms. The van der Waals surface area contributed by atoms with Gasteiger partial charge in [0.15, 0.2) is 5.11 Å². The van der Waals surface area contributed by atoms with Gasteiger partial charge in [-0.1, -0.05) is 19.9 Å². The summed E-state index contributed by atoms with van der Waals surface area (Å²) in [5.41, 5.74) is 0.614. The Labute approximate surface area is 211 Å². The third kappa shape index (κ3) is 6.42. The summed E-state index contributed by atoms with van der Waals surface area (Å²) in [6.07, 6.45) is 0. The summed E-state index contributed by atoms with van der Waals surface area (Å²) < 4.78 is 58.8. The van der Waals surface area contributed by atoms with Crippen LogP contribution < -0.4 is 10.6 Å². The SMILES string of the molecule is CCN(CC)S(=O)(=O)c1cccc(NC(=S)NC(=O)c2ccc(S(=O)(=O)N3CCOCC3)cc2)c1. The number of ether oxygens (including phenoxy) is 1. The normalized spacial score (nSPS) is 15.1. The molecule has 35 heavy (non-hydrogen) atoms. The van der Waals surface area contributed by atoms with Crippen molar-refractivity contribution >= 4 is 49.0 Å². The second-order valence-electron chi connectivity index (χ2n) is 7.57. The van der Waals surface area contributed by atoms with Crippen molar-refractivity contribution in [3.05, 3.63) is 54.1 Å². The van der Waals surface area contributed by atoms with Gasteiger partial charge in [0.2, 0.25) is 20.0 Å². The van der Waals surface area contributed by atoms with Crippen LogP contribution in [0, 0.1) is 0 Å². The first-order valence-corrected chi connectivity index (χ1v) is 14.3. The van der Waals surface area contributed by atoms with Gasteiger partial charge in [-0.05, 0) is 54.7 Å². The van der Waals surface area contributed by atoms with E-state index in [1.165, 1.54) is 45.0 Å². The first kappa shape index (κ1) is 27.2. The molecule has 0 bridgehead atoms. The lowest BCUT2D eigenvalue weighted by atomic mass is 10.2. The van der Waals surface area contributed by atoms with Crippen LogP contribution in [0.5, 0.6) is 0 Å². The highest BCUT2D eigenvalue weighted by atomic mass is 32.2. The minimum absolute atomic E-state index is 0.0302. The van der Waals surface area contributed by atoms with Crippen LogP contribution >= 0.6 is 12.2 Å². The van der Waals surface area contributed by atoms with Crippen molar-refractivity contribution < 1.29 is 26.4 Å². The van der Waals surface area contributed by atoms with E-state index in [2.05, 4.69) is 10.6 Å². The fraction of sp³-hybridized carbons (Fsp3) is 0.364. The molecule has 2 aromatic carbocycles. The lowest BCUT2D eigenvalue weighted by Crippen LogP contribution is -2.40. The number of amides is 1. The van der Waals surface area contributed by atoms with Crippen molar-refractivity contribution in [2.75, 3.05) is 44.7 Å². The zero-order valence-electron chi connectivity index (χ0n) is 19.4. The highest BCUT2D eigenvalue weighted by Crippen LogP contribution is 2.20. The van der Waals surface area contributed by atoms with Crippen LogP contribution in [-0.4, -0.2) is 75.9 Å². The van der Waals surface area contributed by atoms with E-state index in [1.807, 2.05) is 0 Å². The molecule has 0 unspecified atom stereocenters. The van der Waals surface area contributed by atoms with Gasteiger partial charge in [0, 0.05) is 37.4 Å². The molecular formula is C22H28N4O6S3. The average Bonchev–Trinajstić information content (AvgIpc) is 2.85. The highest BCUT2D eigenvalue weighted by Gasteiger charge is 2.26. The molecule has 1 heterocycles. The van der Waals surface area contributed by atoms with Crippen LogP contribution in [0.1, 0.15) is 24.2 Å². The quantitative estimate of drug-likeness (QED) is 0.486. The summed E-state index contributed by atoms with van der Waals surface area (Å²) in [7, 11) is -7.31. The summed E-state index contributed by atoms with van der Waals surface area (Å²) in [6.45, 7) is 5.46. The highest BCUT2D eigenvalue weighted by molar-refractivity contribution is 7.89. The third-order valence-corrected chi connectivity index (χ3v) is 9.55. The number of nitrogens with one attached hydrogen (secondary N) is 2. The number of morpholine rings is 1. The maximum absolute atomic E-state index is 12.7. The Kier molecular flexibility index (Phi) is 8.96. The van der Waals surface area contributed by atoms with E-state index in [0.717, 1.165) is 0 Å². The molecule has 190 valence electrons. The Hall–Kier alpha value is -2.42. The predicted molar refractivity (Wildman–Crippen MR) is 136 cm³/mol. The third-order valence-electron chi connectivity index (χ3n) is 5.39. The predicted octanol–water partition coefficient (Wildman–Crippen LogP) is 1.86. The Morgan fingerprint density at radius 1 is 1.00 bits per heavy atom. The van der Waals surface area contributed by atoms with Crippen molar-refractivity contribution in [1.29, 1.82) is 0 Å². The van der Waals surface area contributed by atoms with Gasteiger partial charge in [-0.25, -0.2) is 16.8 Å². The van der Waals surface area contributed by atoms with Crippen LogP contribution in [0.25, 0.3) is 0 Å². The lowest BCUT2D eigenvalue weighted by molar-refractivity contribution is 0.0730. The lowest BCUT2D eigenvalue weighted by Gasteiger charge is -2.26. The summed E-state index contributed by atoms with van der Waals surface area (Å²) in [4.78, 5) is 12.8. The largest absolute Gasteiger partial charge is 0.379 e. The van der Waals surface area contributed by atoms with E-state index in [4.69, 9.17) is 17.0 Å². The molecule has 0 aliphatic carbocycles. The van der Waals surface area contributed by atoms with E-state index in [9.17, 15) is 21.6 Å². The van der Waals surface area contributed by atoms with E-state index in [-0.39, 0.29) is 33.6 Å². The molecule has 1 saturated heterocycles. The minimum atomic E-state index is -3.66. The molecule has 1 aliphatic rings. The minimum Gasteiger partial charge on any atom is -0.379 e. The van der Waals surface area contributed by atoms with Crippen molar-refractivity contribution in [3.63, 3.8) is 0 Å². The maximum Gasteiger partial charge on any atom is 0.257 e. The van der Waals surface area contributed by atoms with Crippen LogP contribution in [0.15, 0.2) is 58.3 Å². The number of rotatable bonds is 8. The van der Waals surface area contributed by atoms with Gasteiger partial charge in [-0.15, -0.1) is 0 Å². The van der Waals surface area contributed by atoms with Gasteiger partial charge in [-0.3, -0.25) is 10.1 Å². The fourth-order valence-electron chi connectivity index (χ4n) is 3.50. The molecule has 0 saturated carbocycles. The molecule has 2 N–H and O–H groups in total. The average molecular weight is 541 g/mol. The number of thiocarbonyl (C=S) groups is 1. The molecule has 2 aromatic rings. The molecule has 1 amide bonds. The van der Waals surface area contributed by atoms with E-state index in [0.29, 0.717) is 32.0 Å². The molecule has 0 atom stereocenters. The van der Waals surface area contributed by atoms with E-state index in [1.54, 1.807) is 26.0 Å². The van der Waals surface area contributed by atoms with E-state index < -0.39 is 26.0 Å². The van der Waals surface area contributed by atoms with Gasteiger partial charge in [0.25, 0.3) is 5.91 Å². The molecule has 0 aromatic heterocycles. The number of carbonyl (C=O) groups is 1. The van der Waals surface area contributed by atoms with Crippen molar-refractivity contribution in [3.8, 4) is 0 Å². The van der Waals surface area contributed by atoms with Gasteiger partial charge in [0.1, 0.15) is 0 Å². The Morgan fingerprint density at radius 3 is 2.23 bits per heavy atom. The first-order valence-electron chi connectivity index (χ1n) is 11.0. The second kappa shape index (κ2) is 11.5. The Morgan fingerprint density at radius 2 is 1.63 bits per heavy atom. The van der Waals surface area contributed by atoms with Crippen molar-refractivity contribution in [2.24, 2.45) is 0 Å². The van der Waals surface area contributed by atoms with Gasteiger partial charge >= 0.3 is 0 Å². The number of carbonyl (C=O) groups excluding carboxylic acids is 1. The zero-order chi connectivity index (χ0) is 25.6. The summed E-state index contributed by atoms with van der Waals surface area (Å²) in [5.74, 6) is -0.537. The second-order valence-corrected chi connectivity index (χ2v) is 11.9. The zero-order valence-corrected chi connectivity index (χ0v) is 21.9. The maximum atomic E-state index is 12.7. The number of nitrogens with zero attached hydrogens (tertiary/aromatic N) is 2. The number of sulfonamides is 2. The van der Waals surface area contributed by atoms with Crippen LogP contribution in [0.4, 0.5) is 5.69 Å². The summed E-state index contributed by atoms with van der Waals surface area (Å²) in [5, 5.41) is 5.30.